The summed E-state index contributed by atoms with van der Waals surface area (Å²) in [5.41, 5.74) is 1.11. The fraction of sp³-hybridized carbons (Fsp3) is 0.233. The second kappa shape index (κ2) is 11.9. The maximum Gasteiger partial charge on any atom is 0.338 e. The molecule has 2 aromatic heterocycles. The molecule has 0 unspecified atom stereocenters. The zero-order valence-corrected chi connectivity index (χ0v) is 24.1. The van der Waals surface area contributed by atoms with Crippen LogP contribution in [-0.2, 0) is 9.53 Å². The lowest BCUT2D eigenvalue weighted by atomic mass is 9.95. The van der Waals surface area contributed by atoms with Crippen LogP contribution in [0.15, 0.2) is 80.1 Å². The zero-order chi connectivity index (χ0) is 30.0. The predicted molar refractivity (Wildman–Crippen MR) is 155 cm³/mol. The highest BCUT2D eigenvalue weighted by Gasteiger charge is 2.34. The minimum Gasteiger partial charge on any atom is -0.493 e. The summed E-state index contributed by atoms with van der Waals surface area (Å²) in [6, 6.07) is 13.9. The van der Waals surface area contributed by atoms with Gasteiger partial charge < -0.3 is 18.6 Å². The monoisotopic (exact) mass is 589 g/mol. The summed E-state index contributed by atoms with van der Waals surface area (Å²) in [5.74, 6) is 1.02. The van der Waals surface area contributed by atoms with Gasteiger partial charge in [-0.25, -0.2) is 9.79 Å². The molecule has 0 amide bonds. The van der Waals surface area contributed by atoms with Gasteiger partial charge in [0, 0.05) is 12.1 Å². The van der Waals surface area contributed by atoms with Gasteiger partial charge in [0.2, 0.25) is 0 Å². The number of ether oxygens (including phenoxy) is 3. The van der Waals surface area contributed by atoms with Crippen LogP contribution in [0.5, 0.6) is 11.5 Å². The molecular weight excluding hydrogens is 562 g/mol. The summed E-state index contributed by atoms with van der Waals surface area (Å²) in [7, 11) is 1.53. The van der Waals surface area contributed by atoms with E-state index in [4.69, 9.17) is 18.6 Å². The normalized spacial score (nSPS) is 14.8. The molecule has 1 atom stereocenters. The molecule has 0 aliphatic carbocycles. The SMILES string of the molecule is CCOC(=O)C1=C(C)N=c2s/c(=C\c3ccc(-c4ccccc4[N+](=O)[O-])o3)c(=O)n2[C@H]1c1ccc(OC)c(OCC)c1. The number of methoxy groups -OCH3 is 1. The molecule has 0 bridgehead atoms. The number of carbonyl (C=O) groups excluding carboxylic acids is 1. The highest BCUT2D eigenvalue weighted by Crippen LogP contribution is 2.36. The van der Waals surface area contributed by atoms with Crippen molar-refractivity contribution in [3.63, 3.8) is 0 Å². The third kappa shape index (κ3) is 5.23. The highest BCUT2D eigenvalue weighted by atomic mass is 32.1. The zero-order valence-electron chi connectivity index (χ0n) is 23.3. The standard InChI is InChI=1S/C30H27N3O8S/c1-5-39-24-15-18(11-13-23(24)38-4)27-26(29(35)40-6-2)17(3)31-30-32(27)28(34)25(42-30)16-19-12-14-22(41-19)20-9-7-8-10-21(20)33(36)37/h7-16,27H,5-6H2,1-4H3/b25-16-/t27-/m0/s1. The number of carbonyl (C=O) groups is 1. The van der Waals surface area contributed by atoms with E-state index in [1.165, 1.54) is 17.7 Å². The predicted octanol–water partition coefficient (Wildman–Crippen LogP) is 4.37. The lowest BCUT2D eigenvalue weighted by molar-refractivity contribution is -0.384. The highest BCUT2D eigenvalue weighted by molar-refractivity contribution is 7.07. The molecule has 0 radical (unpaired) electrons. The van der Waals surface area contributed by atoms with Gasteiger partial charge >= 0.3 is 5.97 Å². The van der Waals surface area contributed by atoms with Crippen LogP contribution in [0, 0.1) is 10.1 Å². The quantitative estimate of drug-likeness (QED) is 0.160. The first-order valence-electron chi connectivity index (χ1n) is 13.1. The van der Waals surface area contributed by atoms with E-state index in [1.54, 1.807) is 68.5 Å². The molecule has 1 aliphatic heterocycles. The van der Waals surface area contributed by atoms with Gasteiger partial charge in [0.05, 0.1) is 52.7 Å². The fourth-order valence-electron chi connectivity index (χ4n) is 4.78. The first-order chi connectivity index (χ1) is 20.3. The minimum atomic E-state index is -0.841. The number of para-hydroxylation sites is 1. The number of furan rings is 1. The van der Waals surface area contributed by atoms with Crippen LogP contribution in [-0.4, -0.2) is 35.8 Å². The molecule has 0 saturated carbocycles. The summed E-state index contributed by atoms with van der Waals surface area (Å²) < 4.78 is 24.2. The molecule has 0 spiro atoms. The van der Waals surface area contributed by atoms with Crippen molar-refractivity contribution in [2.45, 2.75) is 26.8 Å². The molecular formula is C30H27N3O8S. The van der Waals surface area contributed by atoms with Gasteiger partial charge in [-0.05, 0) is 56.7 Å². The molecule has 5 rings (SSSR count). The second-order valence-corrected chi connectivity index (χ2v) is 10.1. The van der Waals surface area contributed by atoms with Gasteiger partial charge in [-0.2, -0.15) is 0 Å². The Labute approximate surface area is 243 Å². The Bertz CT molecular complexity index is 1900. The molecule has 11 nitrogen and oxygen atoms in total. The number of nitro benzene ring substituents is 1. The Hall–Kier alpha value is -4.97. The average molecular weight is 590 g/mol. The molecule has 0 N–H and O–H groups in total. The molecule has 1 aliphatic rings. The van der Waals surface area contributed by atoms with Crippen LogP contribution in [0.4, 0.5) is 5.69 Å². The number of rotatable bonds is 9. The molecule has 3 heterocycles. The maximum atomic E-state index is 13.9. The van der Waals surface area contributed by atoms with E-state index in [1.807, 2.05) is 6.92 Å². The molecule has 0 fully saturated rings. The maximum absolute atomic E-state index is 13.9. The number of nitro groups is 1. The first kappa shape index (κ1) is 28.6. The van der Waals surface area contributed by atoms with Crippen molar-refractivity contribution in [1.29, 1.82) is 0 Å². The fourth-order valence-corrected chi connectivity index (χ4v) is 5.81. The third-order valence-electron chi connectivity index (χ3n) is 6.59. The molecule has 42 heavy (non-hydrogen) atoms. The minimum absolute atomic E-state index is 0.0920. The van der Waals surface area contributed by atoms with Crippen molar-refractivity contribution in [1.82, 2.24) is 4.57 Å². The number of allylic oxidation sites excluding steroid dienone is 1. The number of benzene rings is 2. The Balaban J connectivity index is 1.66. The number of hydrogen-bond acceptors (Lipinski definition) is 10. The van der Waals surface area contributed by atoms with Gasteiger partial charge in [0.15, 0.2) is 16.3 Å². The van der Waals surface area contributed by atoms with Crippen molar-refractivity contribution < 1.29 is 28.3 Å². The summed E-state index contributed by atoms with van der Waals surface area (Å²) in [4.78, 5) is 43.1. The number of hydrogen-bond donors (Lipinski definition) is 0. The first-order valence-corrected chi connectivity index (χ1v) is 13.9. The number of esters is 1. The largest absolute Gasteiger partial charge is 0.493 e. The van der Waals surface area contributed by atoms with Crippen molar-refractivity contribution in [2.24, 2.45) is 4.99 Å². The molecule has 2 aromatic carbocycles. The van der Waals surface area contributed by atoms with Crippen LogP contribution < -0.4 is 24.4 Å². The third-order valence-corrected chi connectivity index (χ3v) is 7.57. The Morgan fingerprint density at radius 3 is 2.64 bits per heavy atom. The molecule has 216 valence electrons. The molecule has 12 heteroatoms. The number of thiazole rings is 1. The van der Waals surface area contributed by atoms with Gasteiger partial charge in [-0.3, -0.25) is 19.5 Å². The van der Waals surface area contributed by atoms with E-state index in [2.05, 4.69) is 4.99 Å². The Morgan fingerprint density at radius 1 is 1.14 bits per heavy atom. The number of nitrogens with zero attached hydrogens (tertiary/aromatic N) is 3. The van der Waals surface area contributed by atoms with Crippen LogP contribution in [0.3, 0.4) is 0 Å². The van der Waals surface area contributed by atoms with Gasteiger partial charge in [0.25, 0.3) is 11.2 Å². The smallest absolute Gasteiger partial charge is 0.338 e. The number of aromatic nitrogens is 1. The van der Waals surface area contributed by atoms with Crippen LogP contribution in [0.2, 0.25) is 0 Å². The van der Waals surface area contributed by atoms with Crippen molar-refractivity contribution in [2.75, 3.05) is 20.3 Å². The lowest BCUT2D eigenvalue weighted by Crippen LogP contribution is -2.39. The Morgan fingerprint density at radius 2 is 1.93 bits per heavy atom. The van der Waals surface area contributed by atoms with Crippen molar-refractivity contribution in [3.8, 4) is 22.8 Å². The summed E-state index contributed by atoms with van der Waals surface area (Å²) in [6.45, 7) is 5.80. The summed E-state index contributed by atoms with van der Waals surface area (Å²) in [6.07, 6.45) is 1.56. The van der Waals surface area contributed by atoms with E-state index >= 15 is 0 Å². The summed E-state index contributed by atoms with van der Waals surface area (Å²) in [5, 5.41) is 11.5. The molecule has 4 aromatic rings. The Kier molecular flexibility index (Phi) is 8.07. The van der Waals surface area contributed by atoms with E-state index in [0.29, 0.717) is 55.8 Å². The van der Waals surface area contributed by atoms with Gasteiger partial charge in [-0.15, -0.1) is 0 Å². The van der Waals surface area contributed by atoms with E-state index in [0.717, 1.165) is 11.3 Å². The van der Waals surface area contributed by atoms with Crippen LogP contribution in [0.25, 0.3) is 17.4 Å². The molecule has 0 saturated heterocycles. The van der Waals surface area contributed by atoms with E-state index in [-0.39, 0.29) is 17.9 Å². The topological polar surface area (TPSA) is 135 Å². The number of fused-ring (bicyclic) bond motifs is 1. The lowest BCUT2D eigenvalue weighted by Gasteiger charge is -2.25. The van der Waals surface area contributed by atoms with Gasteiger partial charge in [-0.1, -0.05) is 29.5 Å². The second-order valence-electron chi connectivity index (χ2n) is 9.12. The van der Waals surface area contributed by atoms with E-state index in [9.17, 15) is 19.7 Å². The van der Waals surface area contributed by atoms with Crippen LogP contribution in [0.1, 0.15) is 38.1 Å². The van der Waals surface area contributed by atoms with Crippen LogP contribution >= 0.6 is 11.3 Å². The average Bonchev–Trinajstić information content (AvgIpc) is 3.56. The van der Waals surface area contributed by atoms with Gasteiger partial charge in [0.1, 0.15) is 11.5 Å². The summed E-state index contributed by atoms with van der Waals surface area (Å²) >= 11 is 1.14. The van der Waals surface area contributed by atoms with Crippen molar-refractivity contribution in [3.05, 3.63) is 107 Å². The van der Waals surface area contributed by atoms with E-state index < -0.39 is 22.5 Å². The van der Waals surface area contributed by atoms with Crippen molar-refractivity contribution >= 4 is 29.1 Å².